The SMILES string of the molecule is O=C(Nc1nc2ccc(F)cc2s1)[C@@H]1CCCCN1S(=O)(=O)c1cccs1. The van der Waals surface area contributed by atoms with E-state index in [1.165, 1.54) is 16.4 Å². The molecule has 1 fully saturated rings. The Morgan fingerprint density at radius 1 is 1.30 bits per heavy atom. The van der Waals surface area contributed by atoms with Crippen LogP contribution in [0.5, 0.6) is 0 Å². The summed E-state index contributed by atoms with van der Waals surface area (Å²) in [4.78, 5) is 17.1. The lowest BCUT2D eigenvalue weighted by Gasteiger charge is -2.32. The molecule has 1 aliphatic rings. The molecule has 142 valence electrons. The van der Waals surface area contributed by atoms with E-state index in [0.29, 0.717) is 28.3 Å². The number of nitrogens with one attached hydrogen (secondary N) is 1. The number of amides is 1. The van der Waals surface area contributed by atoms with Crippen LogP contribution in [0.2, 0.25) is 0 Å². The van der Waals surface area contributed by atoms with Gasteiger partial charge in [0, 0.05) is 6.54 Å². The summed E-state index contributed by atoms with van der Waals surface area (Å²) in [7, 11) is -3.71. The smallest absolute Gasteiger partial charge is 0.253 e. The monoisotopic (exact) mass is 425 g/mol. The van der Waals surface area contributed by atoms with E-state index < -0.39 is 22.0 Å². The molecule has 0 aliphatic carbocycles. The third-order valence-electron chi connectivity index (χ3n) is 4.39. The van der Waals surface area contributed by atoms with E-state index >= 15 is 0 Å². The van der Waals surface area contributed by atoms with Crippen molar-refractivity contribution in [2.75, 3.05) is 11.9 Å². The van der Waals surface area contributed by atoms with E-state index in [1.54, 1.807) is 23.6 Å². The van der Waals surface area contributed by atoms with Gasteiger partial charge >= 0.3 is 0 Å². The fourth-order valence-electron chi connectivity index (χ4n) is 3.12. The lowest BCUT2D eigenvalue weighted by atomic mass is 10.0. The molecular formula is C17H16FN3O3S3. The van der Waals surface area contributed by atoms with Gasteiger partial charge in [0.05, 0.1) is 10.2 Å². The lowest BCUT2D eigenvalue weighted by molar-refractivity contribution is -0.120. The first-order valence-corrected chi connectivity index (χ1v) is 11.5. The van der Waals surface area contributed by atoms with Crippen molar-refractivity contribution in [3.05, 3.63) is 41.5 Å². The molecule has 1 aromatic carbocycles. The highest BCUT2D eigenvalue weighted by molar-refractivity contribution is 7.91. The Labute approximate surface area is 163 Å². The van der Waals surface area contributed by atoms with Crippen LogP contribution in [-0.4, -0.2) is 36.2 Å². The van der Waals surface area contributed by atoms with Gasteiger partial charge in [0.15, 0.2) is 5.13 Å². The quantitative estimate of drug-likeness (QED) is 0.692. The Balaban J connectivity index is 1.58. The van der Waals surface area contributed by atoms with Gasteiger partial charge in [0.25, 0.3) is 10.0 Å². The highest BCUT2D eigenvalue weighted by Crippen LogP contribution is 2.30. The maximum Gasteiger partial charge on any atom is 0.253 e. The minimum atomic E-state index is -3.71. The number of halogens is 1. The Kier molecular flexibility index (Phi) is 4.97. The first kappa shape index (κ1) is 18.5. The predicted octanol–water partition coefficient (Wildman–Crippen LogP) is 3.68. The minimum Gasteiger partial charge on any atom is -0.301 e. The topological polar surface area (TPSA) is 79.4 Å². The van der Waals surface area contributed by atoms with Crippen LogP contribution in [-0.2, 0) is 14.8 Å². The van der Waals surface area contributed by atoms with Gasteiger partial charge in [-0.25, -0.2) is 17.8 Å². The molecule has 6 nitrogen and oxygen atoms in total. The molecule has 3 heterocycles. The maximum atomic E-state index is 13.3. The van der Waals surface area contributed by atoms with E-state index in [1.807, 2.05) is 0 Å². The molecule has 1 aliphatic heterocycles. The second-order valence-corrected chi connectivity index (χ2v) is 10.3. The molecule has 0 radical (unpaired) electrons. The van der Waals surface area contributed by atoms with Crippen molar-refractivity contribution in [1.82, 2.24) is 9.29 Å². The summed E-state index contributed by atoms with van der Waals surface area (Å²) in [5.74, 6) is -0.779. The molecule has 3 aromatic rings. The van der Waals surface area contributed by atoms with Gasteiger partial charge in [-0.15, -0.1) is 11.3 Å². The van der Waals surface area contributed by atoms with E-state index in [9.17, 15) is 17.6 Å². The number of sulfonamides is 1. The van der Waals surface area contributed by atoms with E-state index in [0.717, 1.165) is 35.5 Å². The number of thiophene rings is 1. The summed E-state index contributed by atoms with van der Waals surface area (Å²) in [6, 6.07) is 6.66. The number of anilines is 1. The van der Waals surface area contributed by atoms with E-state index in [2.05, 4.69) is 10.3 Å². The van der Waals surface area contributed by atoms with Crippen LogP contribution >= 0.6 is 22.7 Å². The number of fused-ring (bicyclic) bond motifs is 1. The minimum absolute atomic E-state index is 0.234. The molecule has 10 heteroatoms. The molecule has 0 bridgehead atoms. The molecule has 27 heavy (non-hydrogen) atoms. The van der Waals surface area contributed by atoms with Crippen LogP contribution in [0.3, 0.4) is 0 Å². The molecule has 2 aromatic heterocycles. The molecule has 1 atom stereocenters. The molecule has 1 N–H and O–H groups in total. The van der Waals surface area contributed by atoms with Crippen molar-refractivity contribution >= 4 is 54.0 Å². The Bertz CT molecular complexity index is 1080. The average molecular weight is 426 g/mol. The predicted molar refractivity (Wildman–Crippen MR) is 104 cm³/mol. The van der Waals surface area contributed by atoms with Gasteiger partial charge in [-0.05, 0) is 42.5 Å². The Morgan fingerprint density at radius 2 is 2.15 bits per heavy atom. The van der Waals surface area contributed by atoms with Crippen molar-refractivity contribution in [1.29, 1.82) is 0 Å². The van der Waals surface area contributed by atoms with E-state index in [4.69, 9.17) is 0 Å². The number of rotatable bonds is 4. The largest absolute Gasteiger partial charge is 0.301 e. The van der Waals surface area contributed by atoms with Crippen LogP contribution in [0.15, 0.2) is 39.9 Å². The van der Waals surface area contributed by atoms with Crippen LogP contribution < -0.4 is 5.32 Å². The number of carbonyl (C=O) groups is 1. The summed E-state index contributed by atoms with van der Waals surface area (Å²) >= 11 is 2.30. The van der Waals surface area contributed by atoms with Gasteiger partial charge in [-0.1, -0.05) is 23.8 Å². The number of piperidine rings is 1. The summed E-state index contributed by atoms with van der Waals surface area (Å²) in [6.45, 7) is 0.309. The maximum absolute atomic E-state index is 13.3. The molecule has 4 rings (SSSR count). The van der Waals surface area contributed by atoms with E-state index in [-0.39, 0.29) is 10.0 Å². The van der Waals surface area contributed by atoms with Crippen molar-refractivity contribution in [3.63, 3.8) is 0 Å². The summed E-state index contributed by atoms with van der Waals surface area (Å²) in [5, 5.41) is 4.74. The third kappa shape index (κ3) is 3.62. The summed E-state index contributed by atoms with van der Waals surface area (Å²) in [6.07, 6.45) is 1.95. The van der Waals surface area contributed by atoms with Gasteiger partial charge in [-0.2, -0.15) is 4.31 Å². The second-order valence-electron chi connectivity index (χ2n) is 6.18. The van der Waals surface area contributed by atoms with Crippen LogP contribution in [0.1, 0.15) is 19.3 Å². The highest BCUT2D eigenvalue weighted by atomic mass is 32.2. The zero-order valence-corrected chi connectivity index (χ0v) is 16.5. The molecule has 0 unspecified atom stereocenters. The fraction of sp³-hybridized carbons (Fsp3) is 0.294. The van der Waals surface area contributed by atoms with Crippen molar-refractivity contribution < 1.29 is 17.6 Å². The average Bonchev–Trinajstić information content (AvgIpc) is 3.31. The number of hydrogen-bond acceptors (Lipinski definition) is 6. The van der Waals surface area contributed by atoms with Crippen molar-refractivity contribution in [2.24, 2.45) is 0 Å². The van der Waals surface area contributed by atoms with Crippen LogP contribution in [0.25, 0.3) is 10.2 Å². The number of nitrogens with zero attached hydrogens (tertiary/aromatic N) is 2. The summed E-state index contributed by atoms with van der Waals surface area (Å²) in [5.41, 5.74) is 0.586. The number of benzene rings is 1. The van der Waals surface area contributed by atoms with Gasteiger partial charge in [0.1, 0.15) is 16.1 Å². The molecule has 0 saturated carbocycles. The normalized spacial score (nSPS) is 18.6. The third-order valence-corrected chi connectivity index (χ3v) is 8.61. The Hall–Kier alpha value is -1.88. The molecule has 1 saturated heterocycles. The number of aromatic nitrogens is 1. The molecule has 1 amide bonds. The zero-order valence-electron chi connectivity index (χ0n) is 14.1. The highest BCUT2D eigenvalue weighted by Gasteiger charge is 2.38. The van der Waals surface area contributed by atoms with Gasteiger partial charge in [-0.3, -0.25) is 4.79 Å². The van der Waals surface area contributed by atoms with Crippen LogP contribution in [0, 0.1) is 5.82 Å². The first-order valence-electron chi connectivity index (χ1n) is 8.37. The number of carbonyl (C=O) groups excluding carboxylic acids is 1. The van der Waals surface area contributed by atoms with Crippen LogP contribution in [0.4, 0.5) is 9.52 Å². The lowest BCUT2D eigenvalue weighted by Crippen LogP contribution is -2.49. The molecular weight excluding hydrogens is 409 g/mol. The van der Waals surface area contributed by atoms with Crippen molar-refractivity contribution in [3.8, 4) is 0 Å². The molecule has 0 spiro atoms. The van der Waals surface area contributed by atoms with Gasteiger partial charge in [0.2, 0.25) is 5.91 Å². The first-order chi connectivity index (χ1) is 12.9. The summed E-state index contributed by atoms with van der Waals surface area (Å²) < 4.78 is 41.3. The zero-order chi connectivity index (χ0) is 19.0. The number of hydrogen-bond donors (Lipinski definition) is 1. The standard InChI is InChI=1S/C17H16FN3O3S3/c18-11-6-7-12-14(10-11)26-17(19-12)20-16(22)13-4-1-2-8-21(13)27(23,24)15-5-3-9-25-15/h3,5-7,9-10,13H,1-2,4,8H2,(H,19,20,22)/t13-/m0/s1. The number of thiazole rings is 1. The second kappa shape index (κ2) is 7.27. The Morgan fingerprint density at radius 3 is 2.93 bits per heavy atom. The van der Waals surface area contributed by atoms with Gasteiger partial charge < -0.3 is 5.32 Å². The van der Waals surface area contributed by atoms with Crippen molar-refractivity contribution in [2.45, 2.75) is 29.5 Å². The fourth-order valence-corrected chi connectivity index (χ4v) is 6.79.